The summed E-state index contributed by atoms with van der Waals surface area (Å²) in [5, 5.41) is 7.13. The molecule has 3 rings (SSSR count). The molecule has 0 aromatic carbocycles. The van der Waals surface area contributed by atoms with Crippen molar-refractivity contribution in [2.45, 2.75) is 31.2 Å². The third kappa shape index (κ3) is 0.859. The van der Waals surface area contributed by atoms with E-state index in [2.05, 4.69) is 10.6 Å². The lowest BCUT2D eigenvalue weighted by Crippen LogP contribution is -2.47. The highest BCUT2D eigenvalue weighted by Crippen LogP contribution is 2.52. The van der Waals surface area contributed by atoms with E-state index in [1.165, 1.54) is 32.2 Å². The highest BCUT2D eigenvalue weighted by molar-refractivity contribution is 5.12. The van der Waals surface area contributed by atoms with Crippen LogP contribution in [0.3, 0.4) is 0 Å². The Morgan fingerprint density at radius 2 is 1.64 bits per heavy atom. The van der Waals surface area contributed by atoms with Gasteiger partial charge in [0, 0.05) is 18.8 Å². The lowest BCUT2D eigenvalue weighted by Gasteiger charge is -2.28. The molecule has 0 atom stereocenters. The van der Waals surface area contributed by atoms with Gasteiger partial charge in [-0.05, 0) is 37.5 Å². The lowest BCUT2D eigenvalue weighted by molar-refractivity contribution is 0.300. The largest absolute Gasteiger partial charge is 0.303 e. The van der Waals surface area contributed by atoms with Gasteiger partial charge < -0.3 is 5.32 Å². The van der Waals surface area contributed by atoms with Crippen molar-refractivity contribution in [3.05, 3.63) is 0 Å². The van der Waals surface area contributed by atoms with E-state index in [1.807, 2.05) is 0 Å². The van der Waals surface area contributed by atoms with Gasteiger partial charge in [-0.25, -0.2) is 0 Å². The summed E-state index contributed by atoms with van der Waals surface area (Å²) in [5.74, 6) is 2.04. The molecule has 0 amide bonds. The van der Waals surface area contributed by atoms with Gasteiger partial charge in [0.15, 0.2) is 0 Å². The first-order valence-electron chi connectivity index (χ1n) is 4.87. The summed E-state index contributed by atoms with van der Waals surface area (Å²) in [5.41, 5.74) is 0.556. The van der Waals surface area contributed by atoms with Gasteiger partial charge in [-0.3, -0.25) is 5.32 Å². The standard InChI is InChI=1S/C9H16N2/c1-2-7(1)9(8-3-4-8)5-10-6-11-9/h7-8,10-11H,1-6H2. The van der Waals surface area contributed by atoms with Crippen LogP contribution in [0.5, 0.6) is 0 Å². The fourth-order valence-electron chi connectivity index (χ4n) is 2.67. The molecule has 2 aliphatic carbocycles. The zero-order chi connectivity index (χ0) is 7.31. The van der Waals surface area contributed by atoms with Gasteiger partial charge in [0.1, 0.15) is 0 Å². The smallest absolute Gasteiger partial charge is 0.0459 e. The van der Waals surface area contributed by atoms with Crippen LogP contribution in [0.15, 0.2) is 0 Å². The zero-order valence-corrected chi connectivity index (χ0v) is 6.90. The van der Waals surface area contributed by atoms with Crippen molar-refractivity contribution in [3.63, 3.8) is 0 Å². The molecule has 1 heterocycles. The fraction of sp³-hybridized carbons (Fsp3) is 1.00. The van der Waals surface area contributed by atoms with E-state index in [1.54, 1.807) is 0 Å². The molecule has 2 saturated carbocycles. The molecule has 2 heteroatoms. The van der Waals surface area contributed by atoms with Gasteiger partial charge in [0.05, 0.1) is 0 Å². The van der Waals surface area contributed by atoms with E-state index < -0.39 is 0 Å². The predicted molar refractivity (Wildman–Crippen MR) is 44.2 cm³/mol. The summed E-state index contributed by atoms with van der Waals surface area (Å²) < 4.78 is 0. The molecule has 2 nitrogen and oxygen atoms in total. The van der Waals surface area contributed by atoms with E-state index in [0.29, 0.717) is 5.54 Å². The molecule has 1 saturated heterocycles. The Kier molecular flexibility index (Phi) is 1.16. The minimum atomic E-state index is 0.556. The third-order valence-electron chi connectivity index (χ3n) is 3.57. The monoisotopic (exact) mass is 152 g/mol. The molecule has 0 aromatic rings. The Balaban J connectivity index is 1.83. The number of hydrogen-bond acceptors (Lipinski definition) is 2. The van der Waals surface area contributed by atoms with Gasteiger partial charge in [-0.1, -0.05) is 0 Å². The van der Waals surface area contributed by atoms with Crippen molar-refractivity contribution >= 4 is 0 Å². The molecule has 0 aromatic heterocycles. The molecule has 62 valence electrons. The first-order chi connectivity index (χ1) is 5.42. The molecule has 11 heavy (non-hydrogen) atoms. The van der Waals surface area contributed by atoms with Crippen molar-refractivity contribution in [2.24, 2.45) is 11.8 Å². The van der Waals surface area contributed by atoms with E-state index in [-0.39, 0.29) is 0 Å². The van der Waals surface area contributed by atoms with Crippen LogP contribution in [-0.4, -0.2) is 18.8 Å². The second-order valence-corrected chi connectivity index (χ2v) is 4.37. The van der Waals surface area contributed by atoms with Crippen LogP contribution in [-0.2, 0) is 0 Å². The van der Waals surface area contributed by atoms with Crippen LogP contribution < -0.4 is 10.6 Å². The summed E-state index contributed by atoms with van der Waals surface area (Å²) in [6.45, 7) is 2.29. The maximum Gasteiger partial charge on any atom is 0.0459 e. The van der Waals surface area contributed by atoms with Crippen LogP contribution in [0, 0.1) is 11.8 Å². The molecule has 3 aliphatic rings. The molecular formula is C9H16N2. The highest BCUT2D eigenvalue weighted by atomic mass is 15.2. The average molecular weight is 152 g/mol. The van der Waals surface area contributed by atoms with E-state index in [4.69, 9.17) is 0 Å². The van der Waals surface area contributed by atoms with Crippen molar-refractivity contribution in [2.75, 3.05) is 13.2 Å². The van der Waals surface area contributed by atoms with Crippen LogP contribution >= 0.6 is 0 Å². The van der Waals surface area contributed by atoms with Crippen molar-refractivity contribution in [1.82, 2.24) is 10.6 Å². The predicted octanol–water partition coefficient (Wildman–Crippen LogP) is 0.695. The van der Waals surface area contributed by atoms with Crippen molar-refractivity contribution in [1.29, 1.82) is 0 Å². The molecule has 0 unspecified atom stereocenters. The maximum absolute atomic E-state index is 3.68. The van der Waals surface area contributed by atoms with Crippen LogP contribution in [0.4, 0.5) is 0 Å². The normalized spacial score (nSPS) is 36.0. The SMILES string of the molecule is C1NCC(C2CC2)(C2CC2)N1. The Hall–Kier alpha value is -0.0800. The maximum atomic E-state index is 3.68. The van der Waals surface area contributed by atoms with Gasteiger partial charge in [-0.2, -0.15) is 0 Å². The van der Waals surface area contributed by atoms with E-state index in [9.17, 15) is 0 Å². The molecule has 2 N–H and O–H groups in total. The second kappa shape index (κ2) is 1.99. The van der Waals surface area contributed by atoms with Crippen molar-refractivity contribution < 1.29 is 0 Å². The van der Waals surface area contributed by atoms with Gasteiger partial charge >= 0.3 is 0 Å². The average Bonchev–Trinajstić information content (AvgIpc) is 2.90. The van der Waals surface area contributed by atoms with Crippen LogP contribution in [0.1, 0.15) is 25.7 Å². The molecule has 0 bridgehead atoms. The highest BCUT2D eigenvalue weighted by Gasteiger charge is 2.55. The summed E-state index contributed by atoms with van der Waals surface area (Å²) in [6, 6.07) is 0. The number of nitrogens with one attached hydrogen (secondary N) is 2. The van der Waals surface area contributed by atoms with Gasteiger partial charge in [0.25, 0.3) is 0 Å². The Bertz CT molecular complexity index is 150. The summed E-state index contributed by atoms with van der Waals surface area (Å²) in [7, 11) is 0. The summed E-state index contributed by atoms with van der Waals surface area (Å²) in [4.78, 5) is 0. The van der Waals surface area contributed by atoms with Crippen LogP contribution in [0.2, 0.25) is 0 Å². The number of hydrogen-bond donors (Lipinski definition) is 2. The first-order valence-corrected chi connectivity index (χ1v) is 4.87. The molecule has 0 radical (unpaired) electrons. The number of rotatable bonds is 2. The lowest BCUT2D eigenvalue weighted by atomic mass is 9.89. The third-order valence-corrected chi connectivity index (χ3v) is 3.57. The van der Waals surface area contributed by atoms with E-state index >= 15 is 0 Å². The zero-order valence-electron chi connectivity index (χ0n) is 6.90. The molecular weight excluding hydrogens is 136 g/mol. The quantitative estimate of drug-likeness (QED) is 0.608. The van der Waals surface area contributed by atoms with Crippen molar-refractivity contribution in [3.8, 4) is 0 Å². The Morgan fingerprint density at radius 1 is 1.00 bits per heavy atom. The van der Waals surface area contributed by atoms with Gasteiger partial charge in [0.2, 0.25) is 0 Å². The molecule has 0 spiro atoms. The molecule has 1 aliphatic heterocycles. The fourth-order valence-corrected chi connectivity index (χ4v) is 2.67. The van der Waals surface area contributed by atoms with E-state index in [0.717, 1.165) is 18.5 Å². The second-order valence-electron chi connectivity index (χ2n) is 4.37. The summed E-state index contributed by atoms with van der Waals surface area (Å²) in [6.07, 6.45) is 5.91. The van der Waals surface area contributed by atoms with Gasteiger partial charge in [-0.15, -0.1) is 0 Å². The topological polar surface area (TPSA) is 24.1 Å². The minimum Gasteiger partial charge on any atom is -0.303 e. The Morgan fingerprint density at radius 3 is 2.00 bits per heavy atom. The Labute approximate surface area is 67.7 Å². The summed E-state index contributed by atoms with van der Waals surface area (Å²) >= 11 is 0. The van der Waals surface area contributed by atoms with Crippen LogP contribution in [0.25, 0.3) is 0 Å². The molecule has 3 fully saturated rings. The first kappa shape index (κ1) is 6.44. The minimum absolute atomic E-state index is 0.556.